The van der Waals surface area contributed by atoms with E-state index < -0.39 is 10.8 Å². The number of carbonyl (C=O) groups excluding carboxylic acids is 2. The molecule has 0 unspecified atom stereocenters. The Morgan fingerprint density at radius 2 is 1.60 bits per heavy atom. The number of anilines is 1. The number of rotatable bonds is 4. The lowest BCUT2D eigenvalue weighted by atomic mass is 10.1. The van der Waals surface area contributed by atoms with Crippen molar-refractivity contribution in [1.29, 1.82) is 0 Å². The minimum Gasteiger partial charge on any atom is -0.339 e. The number of nitro benzene ring substituents is 1. The summed E-state index contributed by atoms with van der Waals surface area (Å²) in [5.74, 6) is -0.663. The van der Waals surface area contributed by atoms with Crippen LogP contribution in [0, 0.1) is 10.1 Å². The molecule has 3 rings (SSSR count). The molecule has 9 heteroatoms. The maximum atomic E-state index is 12.6. The number of para-hydroxylation sites is 1. The topological polar surface area (TPSA) is 105 Å². The van der Waals surface area contributed by atoms with Crippen molar-refractivity contribution in [2.75, 3.05) is 18.4 Å². The molecular weight excluding hydrogens is 404 g/mol. The highest BCUT2D eigenvalue weighted by Gasteiger charge is 2.20. The van der Waals surface area contributed by atoms with E-state index >= 15 is 0 Å². The quantitative estimate of drug-likeness (QED) is 0.438. The Morgan fingerprint density at radius 1 is 0.967 bits per heavy atom. The Labute approximate surface area is 179 Å². The van der Waals surface area contributed by atoms with E-state index in [2.05, 4.69) is 10.6 Å². The average molecular weight is 426 g/mol. The first-order valence-corrected chi connectivity index (χ1v) is 10.1. The minimum atomic E-state index is -0.673. The van der Waals surface area contributed by atoms with Gasteiger partial charge in [-0.15, -0.1) is 0 Å². The van der Waals surface area contributed by atoms with Gasteiger partial charge in [0.25, 0.3) is 17.5 Å². The standard InChI is InChI=1S/C21H22N4O4S/c26-19(17-7-3-4-8-18(17)25(28)29)23-21(30)22-16-11-9-15(10-12-16)20(27)24-13-5-1-2-6-14-24/h3-4,7-12H,1-2,5-6,13-14H2,(H2,22,23,26,30). The molecule has 156 valence electrons. The zero-order valence-corrected chi connectivity index (χ0v) is 17.1. The molecule has 1 aliphatic rings. The van der Waals surface area contributed by atoms with Gasteiger partial charge >= 0.3 is 0 Å². The fraction of sp³-hybridized carbons (Fsp3) is 0.286. The number of carbonyl (C=O) groups is 2. The van der Waals surface area contributed by atoms with E-state index in [9.17, 15) is 19.7 Å². The zero-order valence-electron chi connectivity index (χ0n) is 16.3. The first-order valence-electron chi connectivity index (χ1n) is 9.71. The van der Waals surface area contributed by atoms with E-state index in [0.717, 1.165) is 38.8 Å². The van der Waals surface area contributed by atoms with Gasteiger partial charge in [0, 0.05) is 30.4 Å². The molecule has 8 nitrogen and oxygen atoms in total. The molecule has 0 aliphatic carbocycles. The van der Waals surface area contributed by atoms with Crippen molar-refractivity contribution in [3.05, 3.63) is 69.8 Å². The molecule has 0 saturated carbocycles. The summed E-state index contributed by atoms with van der Waals surface area (Å²) >= 11 is 5.14. The molecule has 0 radical (unpaired) electrons. The van der Waals surface area contributed by atoms with Crippen LogP contribution in [0.1, 0.15) is 46.4 Å². The Hall–Kier alpha value is -3.33. The fourth-order valence-electron chi connectivity index (χ4n) is 3.31. The third-order valence-corrected chi connectivity index (χ3v) is 5.06. The van der Waals surface area contributed by atoms with Crippen molar-refractivity contribution in [3.63, 3.8) is 0 Å². The molecule has 0 bridgehead atoms. The van der Waals surface area contributed by atoms with Crippen molar-refractivity contribution >= 4 is 40.5 Å². The van der Waals surface area contributed by atoms with Gasteiger partial charge in [0.2, 0.25) is 0 Å². The number of amides is 2. The van der Waals surface area contributed by atoms with E-state index in [0.29, 0.717) is 11.3 Å². The van der Waals surface area contributed by atoms with Crippen molar-refractivity contribution in [3.8, 4) is 0 Å². The maximum absolute atomic E-state index is 12.6. The lowest BCUT2D eigenvalue weighted by Gasteiger charge is -2.20. The average Bonchev–Trinajstić information content (AvgIpc) is 3.03. The molecule has 2 aromatic rings. The van der Waals surface area contributed by atoms with Gasteiger partial charge in [0.05, 0.1) is 4.92 Å². The predicted molar refractivity (Wildman–Crippen MR) is 118 cm³/mol. The second-order valence-corrected chi connectivity index (χ2v) is 7.37. The van der Waals surface area contributed by atoms with Crippen LogP contribution in [-0.2, 0) is 0 Å². The van der Waals surface area contributed by atoms with Gasteiger partial charge in [-0.25, -0.2) is 0 Å². The molecule has 0 spiro atoms. The summed E-state index contributed by atoms with van der Waals surface area (Å²) in [6.45, 7) is 1.56. The summed E-state index contributed by atoms with van der Waals surface area (Å²) in [5, 5.41) is 16.4. The van der Waals surface area contributed by atoms with Crippen LogP contribution in [-0.4, -0.2) is 39.8 Å². The number of nitrogens with one attached hydrogen (secondary N) is 2. The highest BCUT2D eigenvalue weighted by Crippen LogP contribution is 2.18. The Morgan fingerprint density at radius 3 is 2.23 bits per heavy atom. The molecule has 0 atom stereocenters. The number of hydrogen-bond acceptors (Lipinski definition) is 5. The highest BCUT2D eigenvalue weighted by molar-refractivity contribution is 7.80. The summed E-state index contributed by atoms with van der Waals surface area (Å²) in [4.78, 5) is 37.3. The maximum Gasteiger partial charge on any atom is 0.282 e. The fourth-order valence-corrected chi connectivity index (χ4v) is 3.52. The molecule has 0 aromatic heterocycles. The Kier molecular flexibility index (Phi) is 7.08. The van der Waals surface area contributed by atoms with Crippen molar-refractivity contribution in [2.45, 2.75) is 25.7 Å². The SMILES string of the molecule is O=C(NC(=S)Nc1ccc(C(=O)N2CCCCCC2)cc1)c1ccccc1[N+](=O)[O-]. The first-order chi connectivity index (χ1) is 14.5. The molecule has 2 amide bonds. The molecule has 1 fully saturated rings. The molecule has 2 aromatic carbocycles. The van der Waals surface area contributed by atoms with E-state index in [-0.39, 0.29) is 22.3 Å². The van der Waals surface area contributed by atoms with E-state index in [1.54, 1.807) is 30.3 Å². The van der Waals surface area contributed by atoms with Crippen molar-refractivity contribution in [1.82, 2.24) is 10.2 Å². The number of hydrogen-bond donors (Lipinski definition) is 2. The minimum absolute atomic E-state index is 0.00439. The first kappa shape index (κ1) is 21.4. The van der Waals surface area contributed by atoms with Crippen LogP contribution < -0.4 is 10.6 Å². The van der Waals surface area contributed by atoms with Gasteiger partial charge < -0.3 is 10.2 Å². The van der Waals surface area contributed by atoms with Gasteiger partial charge in [-0.3, -0.25) is 25.0 Å². The molecule has 1 saturated heterocycles. The Balaban J connectivity index is 1.60. The Bertz CT molecular complexity index is 954. The van der Waals surface area contributed by atoms with Gasteiger partial charge in [-0.1, -0.05) is 25.0 Å². The normalized spacial score (nSPS) is 13.8. The highest BCUT2D eigenvalue weighted by atomic mass is 32.1. The summed E-state index contributed by atoms with van der Waals surface area (Å²) < 4.78 is 0. The second kappa shape index (κ2) is 9.93. The smallest absolute Gasteiger partial charge is 0.282 e. The van der Waals surface area contributed by atoms with Crippen LogP contribution in [0.3, 0.4) is 0 Å². The number of benzene rings is 2. The lowest BCUT2D eigenvalue weighted by molar-refractivity contribution is -0.385. The van der Waals surface area contributed by atoms with Crippen LogP contribution in [0.5, 0.6) is 0 Å². The van der Waals surface area contributed by atoms with E-state index in [1.807, 2.05) is 4.90 Å². The predicted octanol–water partition coefficient (Wildman–Crippen LogP) is 3.74. The van der Waals surface area contributed by atoms with E-state index in [1.165, 1.54) is 18.2 Å². The van der Waals surface area contributed by atoms with Crippen LogP contribution in [0.25, 0.3) is 0 Å². The number of likely N-dealkylation sites (tertiary alicyclic amines) is 1. The summed E-state index contributed by atoms with van der Waals surface area (Å²) in [5.41, 5.74) is 0.812. The van der Waals surface area contributed by atoms with Crippen LogP contribution in [0.15, 0.2) is 48.5 Å². The van der Waals surface area contributed by atoms with Gasteiger partial charge in [0.1, 0.15) is 5.56 Å². The monoisotopic (exact) mass is 426 g/mol. The number of nitrogens with zero attached hydrogens (tertiary/aromatic N) is 2. The molecule has 1 heterocycles. The lowest BCUT2D eigenvalue weighted by Crippen LogP contribution is -2.34. The second-order valence-electron chi connectivity index (χ2n) is 6.97. The van der Waals surface area contributed by atoms with Crippen LogP contribution in [0.2, 0.25) is 0 Å². The van der Waals surface area contributed by atoms with Crippen molar-refractivity contribution in [2.24, 2.45) is 0 Å². The molecule has 2 N–H and O–H groups in total. The largest absolute Gasteiger partial charge is 0.339 e. The van der Waals surface area contributed by atoms with Gasteiger partial charge in [-0.2, -0.15) is 0 Å². The van der Waals surface area contributed by atoms with Crippen LogP contribution >= 0.6 is 12.2 Å². The van der Waals surface area contributed by atoms with Crippen molar-refractivity contribution < 1.29 is 14.5 Å². The van der Waals surface area contributed by atoms with Crippen LogP contribution in [0.4, 0.5) is 11.4 Å². The summed E-state index contributed by atoms with van der Waals surface area (Å²) in [6, 6.07) is 12.5. The zero-order chi connectivity index (χ0) is 21.5. The molecule has 30 heavy (non-hydrogen) atoms. The van der Waals surface area contributed by atoms with E-state index in [4.69, 9.17) is 12.2 Å². The summed E-state index contributed by atoms with van der Waals surface area (Å²) in [7, 11) is 0. The third kappa shape index (κ3) is 5.38. The van der Waals surface area contributed by atoms with Gasteiger partial charge in [0.15, 0.2) is 5.11 Å². The summed E-state index contributed by atoms with van der Waals surface area (Å²) in [6.07, 6.45) is 4.36. The third-order valence-electron chi connectivity index (χ3n) is 4.86. The molecule has 1 aliphatic heterocycles. The van der Waals surface area contributed by atoms with Gasteiger partial charge in [-0.05, 0) is 55.4 Å². The number of nitro groups is 1. The number of thiocarbonyl (C=S) groups is 1. The molecular formula is C21H22N4O4S.